The van der Waals surface area contributed by atoms with Gasteiger partial charge in [0.15, 0.2) is 0 Å². The molecule has 1 heterocycles. The fraction of sp³-hybridized carbons (Fsp3) is 0.312. The summed E-state index contributed by atoms with van der Waals surface area (Å²) in [6.45, 7) is 4.23. The summed E-state index contributed by atoms with van der Waals surface area (Å²) in [4.78, 5) is 4.67. The van der Waals surface area contributed by atoms with E-state index in [9.17, 15) is 0 Å². The minimum atomic E-state index is 0.934. The fourth-order valence-electron chi connectivity index (χ4n) is 1.81. The van der Waals surface area contributed by atoms with Crippen molar-refractivity contribution in [3.05, 3.63) is 52.9 Å². The Bertz CT molecular complexity index is 502. The van der Waals surface area contributed by atoms with Crippen molar-refractivity contribution in [1.82, 2.24) is 10.3 Å². The van der Waals surface area contributed by atoms with E-state index < -0.39 is 0 Å². The third kappa shape index (κ3) is 4.62. The lowest BCUT2D eigenvalue weighted by molar-refractivity contribution is 0.726. The SMILES string of the molecule is CCNCCC=CCc1nc(-c2ccccc2)cs1. The van der Waals surface area contributed by atoms with Gasteiger partial charge >= 0.3 is 0 Å². The first-order valence-electron chi connectivity index (χ1n) is 6.75. The molecule has 19 heavy (non-hydrogen) atoms. The highest BCUT2D eigenvalue weighted by molar-refractivity contribution is 7.10. The van der Waals surface area contributed by atoms with Crippen molar-refractivity contribution in [2.24, 2.45) is 0 Å². The first kappa shape index (κ1) is 14.0. The molecule has 100 valence electrons. The van der Waals surface area contributed by atoms with Gasteiger partial charge in [-0.1, -0.05) is 49.4 Å². The molecule has 0 saturated heterocycles. The molecule has 1 aromatic carbocycles. The summed E-state index contributed by atoms with van der Waals surface area (Å²) in [5.74, 6) is 0. The Balaban J connectivity index is 1.84. The number of benzene rings is 1. The van der Waals surface area contributed by atoms with Crippen molar-refractivity contribution < 1.29 is 0 Å². The molecule has 0 aliphatic heterocycles. The fourth-order valence-corrected chi connectivity index (χ4v) is 2.59. The molecule has 2 nitrogen and oxygen atoms in total. The molecule has 2 rings (SSSR count). The molecule has 0 amide bonds. The second-order valence-electron chi connectivity index (χ2n) is 4.31. The van der Waals surface area contributed by atoms with Crippen LogP contribution in [0.2, 0.25) is 0 Å². The van der Waals surface area contributed by atoms with Crippen molar-refractivity contribution in [3.63, 3.8) is 0 Å². The van der Waals surface area contributed by atoms with Gasteiger partial charge in [0, 0.05) is 17.4 Å². The predicted octanol–water partition coefficient (Wildman–Crippen LogP) is 3.91. The number of aromatic nitrogens is 1. The Hall–Kier alpha value is -1.45. The van der Waals surface area contributed by atoms with Gasteiger partial charge in [0.2, 0.25) is 0 Å². The van der Waals surface area contributed by atoms with E-state index in [2.05, 4.69) is 59.0 Å². The number of nitrogens with zero attached hydrogens (tertiary/aromatic N) is 1. The lowest BCUT2D eigenvalue weighted by atomic mass is 10.2. The molecule has 0 unspecified atom stereocenters. The molecule has 2 aromatic rings. The molecule has 0 spiro atoms. The van der Waals surface area contributed by atoms with E-state index in [1.807, 2.05) is 6.07 Å². The molecular formula is C16H20N2S. The van der Waals surface area contributed by atoms with Crippen molar-refractivity contribution in [1.29, 1.82) is 0 Å². The monoisotopic (exact) mass is 272 g/mol. The van der Waals surface area contributed by atoms with E-state index in [4.69, 9.17) is 0 Å². The molecule has 0 radical (unpaired) electrons. The van der Waals surface area contributed by atoms with Gasteiger partial charge in [0.05, 0.1) is 10.7 Å². The molecule has 0 aliphatic carbocycles. The number of nitrogens with one attached hydrogen (secondary N) is 1. The summed E-state index contributed by atoms with van der Waals surface area (Å²) in [6.07, 6.45) is 6.46. The Kier molecular flexibility index (Phi) is 5.79. The standard InChI is InChI=1S/C16H20N2S/c1-2-17-12-8-4-7-11-16-18-15(13-19-16)14-9-5-3-6-10-14/h3-7,9-10,13,17H,2,8,11-12H2,1H3. The Morgan fingerprint density at radius 3 is 2.84 bits per heavy atom. The zero-order valence-corrected chi connectivity index (χ0v) is 12.1. The predicted molar refractivity (Wildman–Crippen MR) is 83.6 cm³/mol. The third-order valence-electron chi connectivity index (χ3n) is 2.82. The third-order valence-corrected chi connectivity index (χ3v) is 3.69. The van der Waals surface area contributed by atoms with E-state index in [0.717, 1.165) is 31.6 Å². The number of thiazole rings is 1. The molecule has 1 aromatic heterocycles. The Morgan fingerprint density at radius 1 is 1.21 bits per heavy atom. The van der Waals surface area contributed by atoms with Crippen LogP contribution in [0.1, 0.15) is 18.4 Å². The molecule has 0 aliphatic rings. The van der Waals surface area contributed by atoms with Crippen molar-refractivity contribution in [2.45, 2.75) is 19.8 Å². The van der Waals surface area contributed by atoms with E-state index in [1.54, 1.807) is 11.3 Å². The molecule has 0 bridgehead atoms. The zero-order valence-electron chi connectivity index (χ0n) is 11.3. The van der Waals surface area contributed by atoms with Crippen molar-refractivity contribution in [3.8, 4) is 11.3 Å². The van der Waals surface area contributed by atoms with Gasteiger partial charge in [0.25, 0.3) is 0 Å². The summed E-state index contributed by atoms with van der Waals surface area (Å²) < 4.78 is 0. The second kappa shape index (κ2) is 7.87. The van der Waals surface area contributed by atoms with Crippen LogP contribution in [0.25, 0.3) is 11.3 Å². The molecular weight excluding hydrogens is 252 g/mol. The molecule has 3 heteroatoms. The highest BCUT2D eigenvalue weighted by atomic mass is 32.1. The maximum atomic E-state index is 4.67. The normalized spacial score (nSPS) is 11.2. The average molecular weight is 272 g/mol. The van der Waals surface area contributed by atoms with Gasteiger partial charge in [-0.25, -0.2) is 4.98 Å². The first-order valence-corrected chi connectivity index (χ1v) is 7.63. The first-order chi connectivity index (χ1) is 9.40. The highest BCUT2D eigenvalue weighted by Gasteiger charge is 2.02. The number of allylic oxidation sites excluding steroid dienone is 1. The highest BCUT2D eigenvalue weighted by Crippen LogP contribution is 2.21. The molecule has 0 saturated carbocycles. The van der Waals surface area contributed by atoms with Gasteiger partial charge < -0.3 is 5.32 Å². The number of hydrogen-bond donors (Lipinski definition) is 1. The van der Waals surface area contributed by atoms with Crippen LogP contribution in [0.4, 0.5) is 0 Å². The molecule has 0 atom stereocenters. The number of hydrogen-bond acceptors (Lipinski definition) is 3. The Morgan fingerprint density at radius 2 is 2.05 bits per heavy atom. The van der Waals surface area contributed by atoms with Gasteiger partial charge in [-0.3, -0.25) is 0 Å². The second-order valence-corrected chi connectivity index (χ2v) is 5.25. The van der Waals surface area contributed by atoms with Crippen LogP contribution in [0, 0.1) is 0 Å². The quantitative estimate of drug-likeness (QED) is 0.610. The van der Waals surface area contributed by atoms with Crippen LogP contribution in [-0.2, 0) is 6.42 Å². The van der Waals surface area contributed by atoms with Crippen LogP contribution in [-0.4, -0.2) is 18.1 Å². The van der Waals surface area contributed by atoms with E-state index >= 15 is 0 Å². The van der Waals surface area contributed by atoms with Crippen molar-refractivity contribution >= 4 is 11.3 Å². The molecule has 1 N–H and O–H groups in total. The zero-order chi connectivity index (χ0) is 13.3. The minimum absolute atomic E-state index is 0.934. The summed E-state index contributed by atoms with van der Waals surface area (Å²) in [7, 11) is 0. The summed E-state index contributed by atoms with van der Waals surface area (Å²) >= 11 is 1.73. The van der Waals surface area contributed by atoms with Crippen LogP contribution >= 0.6 is 11.3 Å². The lowest BCUT2D eigenvalue weighted by Gasteiger charge is -1.95. The summed E-state index contributed by atoms with van der Waals surface area (Å²) in [6, 6.07) is 10.3. The van der Waals surface area contributed by atoms with E-state index in [1.165, 1.54) is 10.6 Å². The largest absolute Gasteiger partial charge is 0.317 e. The van der Waals surface area contributed by atoms with Crippen LogP contribution < -0.4 is 5.32 Å². The topological polar surface area (TPSA) is 24.9 Å². The summed E-state index contributed by atoms with van der Waals surface area (Å²) in [5, 5.41) is 6.62. The van der Waals surface area contributed by atoms with Crippen molar-refractivity contribution in [2.75, 3.05) is 13.1 Å². The minimum Gasteiger partial charge on any atom is -0.317 e. The van der Waals surface area contributed by atoms with Crippen LogP contribution in [0.3, 0.4) is 0 Å². The van der Waals surface area contributed by atoms with Gasteiger partial charge in [-0.2, -0.15) is 0 Å². The van der Waals surface area contributed by atoms with E-state index in [0.29, 0.717) is 0 Å². The maximum absolute atomic E-state index is 4.67. The molecule has 0 fully saturated rings. The average Bonchev–Trinajstić information content (AvgIpc) is 2.92. The number of rotatable bonds is 7. The summed E-state index contributed by atoms with van der Waals surface area (Å²) in [5.41, 5.74) is 2.28. The van der Waals surface area contributed by atoms with Gasteiger partial charge in [-0.05, 0) is 19.5 Å². The van der Waals surface area contributed by atoms with Crippen LogP contribution in [0.5, 0.6) is 0 Å². The van der Waals surface area contributed by atoms with E-state index in [-0.39, 0.29) is 0 Å². The lowest BCUT2D eigenvalue weighted by Crippen LogP contribution is -2.12. The van der Waals surface area contributed by atoms with Gasteiger partial charge in [0.1, 0.15) is 0 Å². The van der Waals surface area contributed by atoms with Gasteiger partial charge in [-0.15, -0.1) is 11.3 Å². The smallest absolute Gasteiger partial charge is 0.0970 e. The van der Waals surface area contributed by atoms with Crippen LogP contribution in [0.15, 0.2) is 47.9 Å². The Labute approximate surface area is 119 Å². The maximum Gasteiger partial charge on any atom is 0.0970 e.